The quantitative estimate of drug-likeness (QED) is 0.677. The van der Waals surface area contributed by atoms with E-state index in [1.807, 2.05) is 17.5 Å². The van der Waals surface area contributed by atoms with Gasteiger partial charge in [-0.15, -0.1) is 11.3 Å². The summed E-state index contributed by atoms with van der Waals surface area (Å²) in [6.07, 6.45) is -0.499. The number of ether oxygens (including phenoxy) is 1. The number of rotatable bonds is 3. The number of carbonyl (C=O) groups is 1. The average molecular weight is 373 g/mol. The predicted octanol–water partition coefficient (Wildman–Crippen LogP) is 1.11. The van der Waals surface area contributed by atoms with E-state index in [0.717, 1.165) is 9.56 Å². The van der Waals surface area contributed by atoms with Crippen LogP contribution in [0.25, 0.3) is 10.7 Å². The molecule has 1 saturated heterocycles. The Kier molecular flexibility index (Phi) is 4.35. The summed E-state index contributed by atoms with van der Waals surface area (Å²) in [5.41, 5.74) is -0.0640. The highest BCUT2D eigenvalue weighted by atomic mass is 32.1. The Balaban J connectivity index is 1.51. The number of nitrogens with zero attached hydrogens (tertiary/aromatic N) is 5. The molecule has 1 aliphatic heterocycles. The van der Waals surface area contributed by atoms with Crippen LogP contribution >= 0.6 is 11.3 Å². The van der Waals surface area contributed by atoms with E-state index in [4.69, 9.17) is 9.26 Å². The third-order valence-corrected chi connectivity index (χ3v) is 4.86. The molecule has 4 rings (SSSR count). The first kappa shape index (κ1) is 16.6. The molecule has 1 unspecified atom stereocenters. The summed E-state index contributed by atoms with van der Waals surface area (Å²) in [4.78, 5) is 31.0. The Hall–Kier alpha value is -2.85. The van der Waals surface area contributed by atoms with Gasteiger partial charge in [0.25, 0.3) is 17.4 Å². The van der Waals surface area contributed by atoms with Crippen molar-refractivity contribution in [2.45, 2.75) is 6.10 Å². The lowest BCUT2D eigenvalue weighted by molar-refractivity contribution is -0.0369. The Morgan fingerprint density at radius 2 is 2.23 bits per heavy atom. The maximum atomic E-state index is 12.7. The number of thiophene rings is 1. The van der Waals surface area contributed by atoms with Gasteiger partial charge in [-0.25, -0.2) is 4.68 Å². The molecule has 3 aromatic heterocycles. The molecule has 9 nitrogen and oxygen atoms in total. The first-order valence-electron chi connectivity index (χ1n) is 7.94. The molecule has 26 heavy (non-hydrogen) atoms. The van der Waals surface area contributed by atoms with Crippen LogP contribution in [0.15, 0.2) is 39.0 Å². The highest BCUT2D eigenvalue weighted by Gasteiger charge is 2.30. The van der Waals surface area contributed by atoms with Gasteiger partial charge in [0.2, 0.25) is 5.82 Å². The van der Waals surface area contributed by atoms with Crippen LogP contribution in [-0.4, -0.2) is 50.4 Å². The zero-order valence-corrected chi connectivity index (χ0v) is 14.7. The summed E-state index contributed by atoms with van der Waals surface area (Å²) in [6.45, 7) is 1.04. The van der Waals surface area contributed by atoms with E-state index in [0.29, 0.717) is 24.9 Å². The molecule has 10 heteroatoms. The molecule has 0 bridgehead atoms. The molecular formula is C16H15N5O4S. The van der Waals surface area contributed by atoms with E-state index < -0.39 is 6.10 Å². The van der Waals surface area contributed by atoms with Crippen LogP contribution in [0.2, 0.25) is 0 Å². The molecule has 0 saturated carbocycles. The molecule has 4 heterocycles. The van der Waals surface area contributed by atoms with Crippen LogP contribution < -0.4 is 5.56 Å². The van der Waals surface area contributed by atoms with Crippen molar-refractivity contribution in [1.29, 1.82) is 0 Å². The minimum absolute atomic E-state index is 0.206. The molecule has 1 amide bonds. The van der Waals surface area contributed by atoms with E-state index in [9.17, 15) is 9.59 Å². The van der Waals surface area contributed by atoms with Gasteiger partial charge in [-0.05, 0) is 17.5 Å². The maximum absolute atomic E-state index is 12.7. The van der Waals surface area contributed by atoms with Gasteiger partial charge in [0.05, 0.1) is 18.0 Å². The largest absolute Gasteiger partial charge is 0.365 e. The number of aromatic nitrogens is 4. The van der Waals surface area contributed by atoms with E-state index in [1.54, 1.807) is 4.90 Å². The van der Waals surface area contributed by atoms with E-state index >= 15 is 0 Å². The summed E-state index contributed by atoms with van der Waals surface area (Å²) < 4.78 is 12.1. The van der Waals surface area contributed by atoms with Gasteiger partial charge in [0, 0.05) is 19.7 Å². The fourth-order valence-electron chi connectivity index (χ4n) is 2.63. The average Bonchev–Trinajstić information content (AvgIpc) is 3.35. The van der Waals surface area contributed by atoms with Crippen LogP contribution in [0.5, 0.6) is 0 Å². The number of aryl methyl sites for hydroxylation is 1. The number of hydrogen-bond acceptors (Lipinski definition) is 8. The van der Waals surface area contributed by atoms with Crippen LogP contribution in [0.3, 0.4) is 0 Å². The predicted molar refractivity (Wildman–Crippen MR) is 91.7 cm³/mol. The first-order valence-corrected chi connectivity index (χ1v) is 8.82. The van der Waals surface area contributed by atoms with Gasteiger partial charge in [-0.1, -0.05) is 11.2 Å². The second-order valence-corrected chi connectivity index (χ2v) is 6.67. The van der Waals surface area contributed by atoms with Gasteiger partial charge in [0.1, 0.15) is 5.69 Å². The Labute approximate surface area is 151 Å². The normalized spacial score (nSPS) is 17.4. The fraction of sp³-hybridized carbons (Fsp3) is 0.312. The molecule has 3 aromatic rings. The smallest absolute Gasteiger partial charge is 0.274 e. The molecule has 0 aromatic carbocycles. The summed E-state index contributed by atoms with van der Waals surface area (Å²) in [5.74, 6) is 0.563. The molecule has 1 atom stereocenters. The van der Waals surface area contributed by atoms with Gasteiger partial charge < -0.3 is 14.2 Å². The monoisotopic (exact) mass is 373 g/mol. The van der Waals surface area contributed by atoms with Crippen molar-refractivity contribution in [2.75, 3.05) is 19.7 Å². The van der Waals surface area contributed by atoms with Crippen molar-refractivity contribution in [3.8, 4) is 10.7 Å². The Morgan fingerprint density at radius 3 is 3.00 bits per heavy atom. The molecule has 134 valence electrons. The molecular weight excluding hydrogens is 358 g/mol. The highest BCUT2D eigenvalue weighted by Crippen LogP contribution is 2.26. The summed E-state index contributed by atoms with van der Waals surface area (Å²) in [5, 5.41) is 9.91. The van der Waals surface area contributed by atoms with E-state index in [1.165, 1.54) is 30.5 Å². The number of morpholine rings is 1. The minimum atomic E-state index is -0.499. The third-order valence-electron chi connectivity index (χ3n) is 3.99. The van der Waals surface area contributed by atoms with Crippen LogP contribution in [0.1, 0.15) is 22.5 Å². The van der Waals surface area contributed by atoms with E-state index in [-0.39, 0.29) is 23.7 Å². The van der Waals surface area contributed by atoms with Gasteiger partial charge in [-0.2, -0.15) is 10.1 Å². The summed E-state index contributed by atoms with van der Waals surface area (Å²) in [6, 6.07) is 6.57. The highest BCUT2D eigenvalue weighted by molar-refractivity contribution is 7.13. The SMILES string of the molecule is Cn1nc(C(=O)N2CCOC(c3nc(-c4cccs4)no3)C2)ccc1=O. The van der Waals surface area contributed by atoms with Crippen LogP contribution in [0, 0.1) is 0 Å². The molecule has 1 aliphatic rings. The van der Waals surface area contributed by atoms with Crippen molar-refractivity contribution in [1.82, 2.24) is 24.8 Å². The Morgan fingerprint density at radius 1 is 1.35 bits per heavy atom. The topological polar surface area (TPSA) is 103 Å². The fourth-order valence-corrected chi connectivity index (χ4v) is 3.28. The Bertz CT molecular complexity index is 981. The molecule has 0 aliphatic carbocycles. The number of amides is 1. The van der Waals surface area contributed by atoms with Crippen molar-refractivity contribution < 1.29 is 14.1 Å². The van der Waals surface area contributed by atoms with Crippen molar-refractivity contribution in [3.05, 3.63) is 51.6 Å². The second-order valence-electron chi connectivity index (χ2n) is 5.72. The number of hydrogen-bond donors (Lipinski definition) is 0. The first-order chi connectivity index (χ1) is 12.6. The molecule has 0 N–H and O–H groups in total. The van der Waals surface area contributed by atoms with Crippen molar-refractivity contribution in [3.63, 3.8) is 0 Å². The van der Waals surface area contributed by atoms with Crippen LogP contribution in [-0.2, 0) is 11.8 Å². The minimum Gasteiger partial charge on any atom is -0.365 e. The zero-order chi connectivity index (χ0) is 18.1. The van der Waals surface area contributed by atoms with E-state index in [2.05, 4.69) is 15.2 Å². The van der Waals surface area contributed by atoms with Crippen LogP contribution in [0.4, 0.5) is 0 Å². The molecule has 0 spiro atoms. The summed E-state index contributed by atoms with van der Waals surface area (Å²) >= 11 is 1.51. The molecule has 1 fully saturated rings. The maximum Gasteiger partial charge on any atom is 0.274 e. The number of carbonyl (C=O) groups excluding carboxylic acids is 1. The van der Waals surface area contributed by atoms with Crippen molar-refractivity contribution >= 4 is 17.2 Å². The molecule has 0 radical (unpaired) electrons. The summed E-state index contributed by atoms with van der Waals surface area (Å²) in [7, 11) is 1.51. The second kappa shape index (κ2) is 6.81. The zero-order valence-electron chi connectivity index (χ0n) is 13.9. The van der Waals surface area contributed by atoms with Gasteiger partial charge >= 0.3 is 0 Å². The van der Waals surface area contributed by atoms with Gasteiger partial charge in [0.15, 0.2) is 6.10 Å². The lowest BCUT2D eigenvalue weighted by Gasteiger charge is -2.30. The third kappa shape index (κ3) is 3.16. The standard InChI is InChI=1S/C16H15N5O4S/c1-20-13(22)5-4-10(18-20)16(23)21-6-7-24-11(9-21)15-17-14(19-25-15)12-3-2-8-26-12/h2-5,8,11H,6-7,9H2,1H3. The van der Waals surface area contributed by atoms with Crippen molar-refractivity contribution in [2.24, 2.45) is 7.05 Å². The van der Waals surface area contributed by atoms with Gasteiger partial charge in [-0.3, -0.25) is 9.59 Å². The lowest BCUT2D eigenvalue weighted by atomic mass is 10.2. The lowest BCUT2D eigenvalue weighted by Crippen LogP contribution is -2.43.